The highest BCUT2D eigenvalue weighted by Gasteiger charge is 2.31. The highest BCUT2D eigenvalue weighted by Crippen LogP contribution is 2.23. The Hall–Kier alpha value is -1.10. The molecule has 0 aliphatic carbocycles. The molecule has 1 aliphatic heterocycles. The summed E-state index contributed by atoms with van der Waals surface area (Å²) in [5, 5.41) is 0. The van der Waals surface area contributed by atoms with Crippen molar-refractivity contribution in [3.8, 4) is 0 Å². The van der Waals surface area contributed by atoms with E-state index < -0.39 is 6.10 Å². The molecule has 1 amide bonds. The van der Waals surface area contributed by atoms with Gasteiger partial charge < -0.3 is 15.4 Å². The van der Waals surface area contributed by atoms with Gasteiger partial charge in [-0.15, -0.1) is 12.4 Å². The third-order valence-electron chi connectivity index (χ3n) is 3.85. The van der Waals surface area contributed by atoms with E-state index in [9.17, 15) is 4.79 Å². The molecule has 1 fully saturated rings. The van der Waals surface area contributed by atoms with Gasteiger partial charge in [0.25, 0.3) is 5.91 Å². The van der Waals surface area contributed by atoms with Gasteiger partial charge >= 0.3 is 0 Å². The van der Waals surface area contributed by atoms with Gasteiger partial charge in [-0.05, 0) is 17.9 Å². The first-order valence-corrected chi connectivity index (χ1v) is 6.75. The summed E-state index contributed by atoms with van der Waals surface area (Å²) in [5.74, 6) is 0.374. The molecule has 0 bridgehead atoms. The van der Waals surface area contributed by atoms with Crippen molar-refractivity contribution < 1.29 is 9.53 Å². The number of benzene rings is 1. The Balaban J connectivity index is 0.00000200. The molecule has 1 aromatic rings. The topological polar surface area (TPSA) is 55.6 Å². The number of carbonyl (C=O) groups excluding carboxylic acids is 1. The number of likely N-dealkylation sites (tertiary alicyclic amines) is 1. The number of methoxy groups -OCH3 is 1. The number of rotatable bonds is 3. The van der Waals surface area contributed by atoms with Crippen molar-refractivity contribution in [2.45, 2.75) is 25.5 Å². The normalized spacial score (nSPS) is 23.9. The Morgan fingerprint density at radius 3 is 2.60 bits per heavy atom. The second kappa shape index (κ2) is 7.62. The van der Waals surface area contributed by atoms with Crippen LogP contribution in [0.15, 0.2) is 30.3 Å². The van der Waals surface area contributed by atoms with Crippen LogP contribution in [0.2, 0.25) is 0 Å². The molecule has 4 nitrogen and oxygen atoms in total. The first kappa shape index (κ1) is 17.0. The molecule has 5 heteroatoms. The molecular weight excluding hydrogens is 276 g/mol. The van der Waals surface area contributed by atoms with Crippen LogP contribution >= 0.6 is 12.4 Å². The van der Waals surface area contributed by atoms with Crippen molar-refractivity contribution >= 4 is 18.3 Å². The number of piperidine rings is 1. The van der Waals surface area contributed by atoms with Crippen molar-refractivity contribution in [2.24, 2.45) is 11.7 Å². The van der Waals surface area contributed by atoms with Gasteiger partial charge in [0.2, 0.25) is 0 Å². The summed E-state index contributed by atoms with van der Waals surface area (Å²) in [7, 11) is 1.58. The summed E-state index contributed by atoms with van der Waals surface area (Å²) in [6, 6.07) is 9.81. The molecule has 0 spiro atoms. The van der Waals surface area contributed by atoms with E-state index in [1.807, 2.05) is 35.2 Å². The largest absolute Gasteiger partial charge is 0.367 e. The van der Waals surface area contributed by atoms with Crippen molar-refractivity contribution in [3.63, 3.8) is 0 Å². The molecule has 1 heterocycles. The molecule has 3 unspecified atom stereocenters. The fourth-order valence-electron chi connectivity index (χ4n) is 2.54. The summed E-state index contributed by atoms with van der Waals surface area (Å²) in [5.41, 5.74) is 6.89. The molecule has 112 valence electrons. The second-order valence-corrected chi connectivity index (χ2v) is 5.24. The van der Waals surface area contributed by atoms with Crippen molar-refractivity contribution in [2.75, 3.05) is 20.2 Å². The number of ether oxygens (including phenoxy) is 1. The van der Waals surface area contributed by atoms with Crippen LogP contribution in [-0.2, 0) is 9.53 Å². The molecule has 0 radical (unpaired) electrons. The van der Waals surface area contributed by atoms with Crippen LogP contribution < -0.4 is 5.73 Å². The van der Waals surface area contributed by atoms with Crippen LogP contribution in [0, 0.1) is 5.92 Å². The first-order chi connectivity index (χ1) is 9.13. The highest BCUT2D eigenvalue weighted by atomic mass is 35.5. The number of hydrogen-bond acceptors (Lipinski definition) is 3. The molecule has 20 heavy (non-hydrogen) atoms. The first-order valence-electron chi connectivity index (χ1n) is 6.75. The molecular formula is C15H23ClN2O2. The number of halogens is 1. The van der Waals surface area contributed by atoms with Gasteiger partial charge in [0, 0.05) is 26.2 Å². The Labute approximate surface area is 126 Å². The molecule has 1 saturated heterocycles. The summed E-state index contributed by atoms with van der Waals surface area (Å²) in [6.07, 6.45) is 0.348. The van der Waals surface area contributed by atoms with Crippen LogP contribution in [0.1, 0.15) is 25.0 Å². The van der Waals surface area contributed by atoms with Crippen LogP contribution in [0.3, 0.4) is 0 Å². The van der Waals surface area contributed by atoms with Gasteiger partial charge in [-0.3, -0.25) is 4.79 Å². The predicted molar refractivity (Wildman–Crippen MR) is 81.8 cm³/mol. The molecule has 3 atom stereocenters. The fraction of sp³-hybridized carbons (Fsp3) is 0.533. The van der Waals surface area contributed by atoms with E-state index in [1.165, 1.54) is 0 Å². The van der Waals surface area contributed by atoms with Gasteiger partial charge in [-0.2, -0.15) is 0 Å². The number of nitrogens with two attached hydrogens (primary N) is 1. The van der Waals surface area contributed by atoms with E-state index in [2.05, 4.69) is 6.92 Å². The van der Waals surface area contributed by atoms with E-state index in [0.717, 1.165) is 18.5 Å². The minimum atomic E-state index is -0.511. The molecule has 0 aromatic heterocycles. The minimum Gasteiger partial charge on any atom is -0.367 e. The van der Waals surface area contributed by atoms with E-state index in [0.29, 0.717) is 12.5 Å². The zero-order chi connectivity index (χ0) is 13.8. The third-order valence-corrected chi connectivity index (χ3v) is 3.85. The SMILES string of the molecule is COC(C(=O)N1CCC(N)C(C)C1)c1ccccc1.Cl. The number of nitrogens with zero attached hydrogens (tertiary/aromatic N) is 1. The fourth-order valence-corrected chi connectivity index (χ4v) is 2.54. The third kappa shape index (κ3) is 3.72. The maximum Gasteiger partial charge on any atom is 0.256 e. The second-order valence-electron chi connectivity index (χ2n) is 5.24. The van der Waals surface area contributed by atoms with Gasteiger partial charge in [0.05, 0.1) is 0 Å². The quantitative estimate of drug-likeness (QED) is 0.928. The van der Waals surface area contributed by atoms with Crippen LogP contribution in [-0.4, -0.2) is 37.0 Å². The van der Waals surface area contributed by atoms with E-state index >= 15 is 0 Å². The Morgan fingerprint density at radius 1 is 1.40 bits per heavy atom. The molecule has 2 N–H and O–H groups in total. The molecule has 1 aliphatic rings. The van der Waals surface area contributed by atoms with Crippen LogP contribution in [0.4, 0.5) is 0 Å². The lowest BCUT2D eigenvalue weighted by Crippen LogP contribution is -2.49. The average molecular weight is 299 g/mol. The monoisotopic (exact) mass is 298 g/mol. The molecule has 0 saturated carbocycles. The minimum absolute atomic E-state index is 0. The van der Waals surface area contributed by atoms with Gasteiger partial charge in [-0.25, -0.2) is 0 Å². The summed E-state index contributed by atoms with van der Waals surface area (Å²) < 4.78 is 5.39. The Kier molecular flexibility index (Phi) is 6.46. The Bertz CT molecular complexity index is 427. The molecule has 1 aromatic carbocycles. The number of amides is 1. The highest BCUT2D eigenvalue weighted by molar-refractivity contribution is 5.85. The van der Waals surface area contributed by atoms with E-state index in [-0.39, 0.29) is 24.4 Å². The summed E-state index contributed by atoms with van der Waals surface area (Å²) >= 11 is 0. The van der Waals surface area contributed by atoms with Crippen molar-refractivity contribution in [1.82, 2.24) is 4.90 Å². The Morgan fingerprint density at radius 2 is 2.05 bits per heavy atom. The van der Waals surface area contributed by atoms with Crippen LogP contribution in [0.25, 0.3) is 0 Å². The zero-order valence-electron chi connectivity index (χ0n) is 12.0. The lowest BCUT2D eigenvalue weighted by atomic mass is 9.94. The molecule has 2 rings (SSSR count). The van der Waals surface area contributed by atoms with Gasteiger partial charge in [-0.1, -0.05) is 37.3 Å². The average Bonchev–Trinajstić information content (AvgIpc) is 2.44. The van der Waals surface area contributed by atoms with Crippen molar-refractivity contribution in [1.29, 1.82) is 0 Å². The lowest BCUT2D eigenvalue weighted by molar-refractivity contribution is -0.144. The van der Waals surface area contributed by atoms with E-state index in [4.69, 9.17) is 10.5 Å². The number of hydrogen-bond donors (Lipinski definition) is 1. The van der Waals surface area contributed by atoms with Gasteiger partial charge in [0.15, 0.2) is 6.10 Å². The smallest absolute Gasteiger partial charge is 0.256 e. The summed E-state index contributed by atoms with van der Waals surface area (Å²) in [4.78, 5) is 14.4. The van der Waals surface area contributed by atoms with Crippen molar-refractivity contribution in [3.05, 3.63) is 35.9 Å². The number of carbonyl (C=O) groups is 1. The summed E-state index contributed by atoms with van der Waals surface area (Å²) in [6.45, 7) is 3.53. The maximum absolute atomic E-state index is 12.5. The maximum atomic E-state index is 12.5. The van der Waals surface area contributed by atoms with E-state index in [1.54, 1.807) is 7.11 Å². The van der Waals surface area contributed by atoms with Crippen LogP contribution in [0.5, 0.6) is 0 Å². The van der Waals surface area contributed by atoms with Gasteiger partial charge in [0.1, 0.15) is 0 Å². The zero-order valence-corrected chi connectivity index (χ0v) is 12.8. The lowest BCUT2D eigenvalue weighted by Gasteiger charge is -2.36. The predicted octanol–water partition coefficient (Wildman–Crippen LogP) is 1.99. The standard InChI is InChI=1S/C15H22N2O2.ClH/c1-11-10-17(9-8-13(11)16)15(18)14(19-2)12-6-4-3-5-7-12;/h3-7,11,13-14H,8-10,16H2,1-2H3;1H.